The Bertz CT molecular complexity index is 4650. The summed E-state index contributed by atoms with van der Waals surface area (Å²) in [5, 5.41) is 28.8. The highest BCUT2D eigenvalue weighted by atomic mass is 33.1. The Morgan fingerprint density at radius 3 is 1.37 bits per heavy atom. The molecule has 124 heavy (non-hydrogen) atoms. The van der Waals surface area contributed by atoms with Crippen LogP contribution in [0.4, 0.5) is 23.3 Å². The molecule has 20 atom stereocenters. The standard InChI is InChI=1S/C34H53N9O15P2S2.C32H51N11O15P2S2/c1-18(8-6-7-10-37-30(45)19(2)15-61-62-34(3,4)5)32(46)57-27-22(56-31(26(27)44)43-17-40-25-28(36)38-16-39-29(25)43)14-54-60(51,52)58-20-12-24(42-11-9-23(35)41-33(42)47)55-21(20)13-53-59(48,49)50;1-32(2,3)62-61-13-17(34)28(45)37-8-5-4-6-16(33)30(46)57-25-20(56-29(24(25)44)43-15-40-23-26(36)38-14-39-27(23)43)12-54-60(51,52)58-18-10-22(42-9-7-21(35)41-31(42)47)55-19(18)11-53-59(48,49)50/h9,11,16-22,24,26-27,31,44H,6-8,10,12-15H2,1-5H3,(H,37,45)(H,51,52)(H2,35,41,47)(H2,36,38,39)(H2,48,49,50);7,9,14-20,22,24-25,29,44H,4-6,8,10-13,33-34H2,1-3H3,(H,37,45)(H,51,52)(H2,35,41,47)(H2,36,38,39)(H2,48,49,50)/t18-,19-,20-,21+,22+,24+,26+,27+,31+;16-,17-,18-,19+,20+,22+,24+,25+,29+/m00/s1. The van der Waals surface area contributed by atoms with Crippen LogP contribution in [0.1, 0.15) is 132 Å². The number of imidazole rings is 2. The van der Waals surface area contributed by atoms with Crippen LogP contribution in [-0.4, -0.2) is 255 Å². The molecular weight excluding hydrogens is 1800 g/mol. The maximum Gasteiger partial charge on any atom is 0.472 e. The number of anilines is 4. The number of aliphatic hydroxyl groups is 2. The summed E-state index contributed by atoms with van der Waals surface area (Å²) in [4.78, 5) is 167. The molecule has 22 N–H and O–H groups in total. The minimum absolute atomic E-state index is 0.0131. The molecule has 58 heteroatoms. The van der Waals surface area contributed by atoms with Gasteiger partial charge in [-0.15, -0.1) is 0 Å². The van der Waals surface area contributed by atoms with E-state index in [-0.39, 0.29) is 98.6 Å². The first-order valence-corrected chi connectivity index (χ1v) is 49.1. The molecule has 4 aliphatic heterocycles. The largest absolute Gasteiger partial charge is 0.472 e. The van der Waals surface area contributed by atoms with E-state index in [4.69, 9.17) is 80.9 Å². The maximum absolute atomic E-state index is 13.5. The fourth-order valence-corrected chi connectivity index (χ4v) is 20.1. The van der Waals surface area contributed by atoms with Crippen LogP contribution in [0.25, 0.3) is 22.3 Å². The van der Waals surface area contributed by atoms with Gasteiger partial charge in [-0.2, -0.15) is 9.97 Å². The molecule has 10 heterocycles. The topological polar surface area (TPSA) is 746 Å². The highest BCUT2D eigenvalue weighted by Gasteiger charge is 2.53. The van der Waals surface area contributed by atoms with Crippen molar-refractivity contribution in [2.75, 3.05) is 74.0 Å². The third-order valence-corrected chi connectivity index (χ3v) is 28.4. The Balaban J connectivity index is 0.000000281. The number of carbonyl (C=O) groups excluding carboxylic acids is 4. The van der Waals surface area contributed by atoms with Gasteiger partial charge in [0.05, 0.1) is 51.0 Å². The number of carbonyl (C=O) groups is 4. The van der Waals surface area contributed by atoms with Gasteiger partial charge < -0.3 is 113 Å². The quantitative estimate of drug-likeness (QED) is 0.0112. The molecule has 0 aliphatic carbocycles. The number of nitrogen functional groups attached to an aromatic ring is 4. The number of hydrogen-bond acceptors (Lipinski definition) is 42. The second-order valence-electron chi connectivity index (χ2n) is 30.8. The number of nitrogens with one attached hydrogen (secondary N) is 2. The van der Waals surface area contributed by atoms with Gasteiger partial charge >= 0.3 is 54.6 Å². The molecule has 0 bridgehead atoms. The number of esters is 2. The molecule has 0 spiro atoms. The Morgan fingerprint density at radius 2 is 0.944 bits per heavy atom. The van der Waals surface area contributed by atoms with Crippen molar-refractivity contribution in [1.82, 2.24) is 68.8 Å². The Labute approximate surface area is 723 Å². The SMILES string of the molecule is CC(C)(C)SSC[C@H](N)C(=O)NCCCC[C@H](N)C(=O)O[C@H]1[C@@H](O)[C@H](n2cnc3c(N)ncnc32)O[C@@H]1COP(=O)(O)O[C@H]1C[C@H](n2ccc(N)nc2=O)O[C@@H]1COP(=O)(O)O.C[C@@H](CSSC(C)(C)C)C(=O)NCCCC[C@H](C)C(=O)O[C@H]1[C@@H](O)[C@H](n2cnc3c(N)ncnc32)O[C@@H]1COP(=O)(O)O[C@H]1C[C@H](n2ccc(N)nc2=O)O[C@@H]1COP(=O)(O)O. The molecule has 692 valence electrons. The molecule has 0 radical (unpaired) electrons. The first-order valence-electron chi connectivity index (χ1n) is 38.4. The monoisotopic (exact) mass is 1910 g/mol. The number of nitrogens with two attached hydrogens (primary N) is 6. The zero-order chi connectivity index (χ0) is 91.1. The van der Waals surface area contributed by atoms with Crippen molar-refractivity contribution in [2.45, 2.75) is 214 Å². The van der Waals surface area contributed by atoms with Crippen LogP contribution < -0.4 is 56.4 Å². The second-order valence-corrected chi connectivity index (χ2v) is 42.5. The molecule has 4 aliphatic rings. The summed E-state index contributed by atoms with van der Waals surface area (Å²) in [6.45, 7) is 13.4. The number of phosphoric ester groups is 4. The van der Waals surface area contributed by atoms with Crippen LogP contribution in [0.5, 0.6) is 0 Å². The van der Waals surface area contributed by atoms with E-state index >= 15 is 0 Å². The average molecular weight is 1910 g/mol. The number of unbranched alkanes of at least 4 members (excludes halogenated alkanes) is 2. The lowest BCUT2D eigenvalue weighted by Gasteiger charge is -2.24. The van der Waals surface area contributed by atoms with Crippen LogP contribution in [-0.2, 0) is 93.0 Å². The van der Waals surface area contributed by atoms with E-state index < -0.39 is 185 Å². The Morgan fingerprint density at radius 1 is 0.532 bits per heavy atom. The number of rotatable bonds is 42. The van der Waals surface area contributed by atoms with Gasteiger partial charge in [-0.25, -0.2) is 57.8 Å². The third-order valence-electron chi connectivity index (χ3n) is 18.6. The predicted molar refractivity (Wildman–Crippen MR) is 447 cm³/mol. The summed E-state index contributed by atoms with van der Waals surface area (Å²) in [6, 6.07) is 0.667. The van der Waals surface area contributed by atoms with Crippen molar-refractivity contribution in [2.24, 2.45) is 23.3 Å². The van der Waals surface area contributed by atoms with Crippen molar-refractivity contribution in [3.8, 4) is 0 Å². The second kappa shape index (κ2) is 44.2. The molecular formula is C66H104N20O30P4S4. The first-order chi connectivity index (χ1) is 58.0. The predicted octanol–water partition coefficient (Wildman–Crippen LogP) is 1.49. The molecule has 2 unspecified atom stereocenters. The van der Waals surface area contributed by atoms with Gasteiger partial charge in [-0.3, -0.25) is 64.6 Å². The molecule has 50 nitrogen and oxygen atoms in total. The number of amides is 2. The van der Waals surface area contributed by atoms with Gasteiger partial charge in [0.25, 0.3) is 0 Å². The van der Waals surface area contributed by atoms with Gasteiger partial charge in [0.15, 0.2) is 47.6 Å². The van der Waals surface area contributed by atoms with Gasteiger partial charge in [0.2, 0.25) is 11.8 Å². The number of aromatic nitrogens is 12. The van der Waals surface area contributed by atoms with Crippen LogP contribution in [0.15, 0.2) is 59.4 Å². The molecule has 4 saturated heterocycles. The van der Waals surface area contributed by atoms with Crippen LogP contribution in [0, 0.1) is 11.8 Å². The number of ether oxygens (including phenoxy) is 6. The van der Waals surface area contributed by atoms with E-state index in [1.54, 1.807) is 39.3 Å². The zero-order valence-electron chi connectivity index (χ0n) is 68.1. The van der Waals surface area contributed by atoms with Crippen molar-refractivity contribution in [1.29, 1.82) is 0 Å². The molecule has 0 saturated carbocycles. The van der Waals surface area contributed by atoms with E-state index in [2.05, 4.69) is 101 Å². The van der Waals surface area contributed by atoms with Crippen LogP contribution in [0.2, 0.25) is 0 Å². The van der Waals surface area contributed by atoms with Crippen LogP contribution >= 0.6 is 74.5 Å². The van der Waals surface area contributed by atoms with Crippen molar-refractivity contribution < 1.29 is 133 Å². The number of fused-ring (bicyclic) bond motifs is 2. The number of phosphoric acid groups is 4. The lowest BCUT2D eigenvalue weighted by Crippen LogP contribution is -2.43. The molecule has 6 aromatic rings. The molecule has 0 aromatic carbocycles. The number of nitrogens with zero attached hydrogens (tertiary/aromatic N) is 12. The van der Waals surface area contributed by atoms with Gasteiger partial charge in [-0.1, -0.05) is 105 Å². The van der Waals surface area contributed by atoms with Crippen molar-refractivity contribution in [3.05, 3.63) is 70.8 Å². The lowest BCUT2D eigenvalue weighted by atomic mass is 10.0. The number of hydrogen-bond donors (Lipinski definition) is 16. The van der Waals surface area contributed by atoms with Crippen LogP contribution in [0.3, 0.4) is 0 Å². The fourth-order valence-electron chi connectivity index (χ4n) is 12.5. The highest BCUT2D eigenvalue weighted by molar-refractivity contribution is 8.77. The Kier molecular flexibility index (Phi) is 36.1. The van der Waals surface area contributed by atoms with E-state index in [1.807, 2.05) is 6.92 Å². The van der Waals surface area contributed by atoms with E-state index in [0.29, 0.717) is 50.2 Å². The molecule has 6 aromatic heterocycles. The average Bonchev–Trinajstić information content (AvgIpc) is 1.62. The van der Waals surface area contributed by atoms with Gasteiger partial charge in [-0.05, 0) is 44.2 Å². The zero-order valence-corrected chi connectivity index (χ0v) is 75.0. The van der Waals surface area contributed by atoms with Crippen molar-refractivity contribution in [3.63, 3.8) is 0 Å². The first kappa shape index (κ1) is 101. The van der Waals surface area contributed by atoms with E-state index in [0.717, 1.165) is 15.5 Å². The van der Waals surface area contributed by atoms with Gasteiger partial charge in [0, 0.05) is 65.2 Å². The highest BCUT2D eigenvalue weighted by Crippen LogP contribution is 2.53. The van der Waals surface area contributed by atoms with E-state index in [1.165, 1.54) is 63.4 Å². The smallest absolute Gasteiger partial charge is 0.456 e. The third kappa shape index (κ3) is 29.8. The minimum Gasteiger partial charge on any atom is -0.456 e. The molecule has 4 fully saturated rings. The number of aliphatic hydroxyl groups excluding tert-OH is 2. The summed E-state index contributed by atoms with van der Waals surface area (Å²) in [5.74, 6) is -1.93. The fraction of sp³-hybridized carbons (Fsp3) is 0.667. The summed E-state index contributed by atoms with van der Waals surface area (Å²) in [5.41, 5.74) is 34.1. The summed E-state index contributed by atoms with van der Waals surface area (Å²) in [6.07, 6.45) is -10.9. The molecule has 2 amide bonds. The van der Waals surface area contributed by atoms with Gasteiger partial charge in [0.1, 0.15) is 103 Å². The summed E-state index contributed by atoms with van der Waals surface area (Å²) in [7, 11) is -13.9. The summed E-state index contributed by atoms with van der Waals surface area (Å²) < 4.78 is 120. The maximum atomic E-state index is 13.5. The minimum atomic E-state index is -5.18. The Hall–Kier alpha value is -6.54. The van der Waals surface area contributed by atoms with Crippen molar-refractivity contribution >= 4 is 144 Å². The molecule has 10 rings (SSSR count). The van der Waals surface area contributed by atoms with E-state index in [9.17, 15) is 86.6 Å². The normalized spacial score (nSPS) is 25.1. The lowest BCUT2D eigenvalue weighted by molar-refractivity contribution is -0.161. The summed E-state index contributed by atoms with van der Waals surface area (Å²) >= 11 is 0.